The molecule has 0 fully saturated rings. The number of fused-ring (bicyclic) bond motifs is 3. The lowest BCUT2D eigenvalue weighted by atomic mass is 9.87. The van der Waals surface area contributed by atoms with E-state index in [2.05, 4.69) is 60.1 Å². The quantitative estimate of drug-likeness (QED) is 0.367. The van der Waals surface area contributed by atoms with Gasteiger partial charge in [-0.15, -0.1) is 0 Å². The number of hydrogen-bond donors (Lipinski definition) is 3. The van der Waals surface area contributed by atoms with Gasteiger partial charge in [0.15, 0.2) is 0 Å². The molecular weight excluding hydrogens is 350 g/mol. The van der Waals surface area contributed by atoms with Gasteiger partial charge in [-0.2, -0.15) is 0 Å². The second-order valence-corrected chi connectivity index (χ2v) is 7.81. The van der Waals surface area contributed by atoms with Gasteiger partial charge >= 0.3 is 0 Å². The normalized spacial score (nSPS) is 16.4. The third-order valence-electron chi connectivity index (χ3n) is 5.74. The van der Waals surface area contributed by atoms with Gasteiger partial charge in [0.2, 0.25) is 0 Å². The van der Waals surface area contributed by atoms with E-state index in [0.717, 1.165) is 25.1 Å². The smallest absolute Gasteiger partial charge is 0.267 e. The number of benzene rings is 2. The van der Waals surface area contributed by atoms with E-state index in [1.54, 1.807) is 11.6 Å². The molecule has 1 amide bonds. The van der Waals surface area contributed by atoms with Crippen LogP contribution < -0.4 is 5.48 Å². The lowest BCUT2D eigenvalue weighted by molar-refractivity contribution is -0.124. The minimum atomic E-state index is -0.534. The summed E-state index contributed by atoms with van der Waals surface area (Å²) in [7, 11) is 0. The van der Waals surface area contributed by atoms with Gasteiger partial charge < -0.3 is 4.98 Å². The summed E-state index contributed by atoms with van der Waals surface area (Å²) in [5.41, 5.74) is 7.64. The molecule has 0 unspecified atom stereocenters. The number of H-pyrrole nitrogens is 1. The Hall–Kier alpha value is -2.89. The summed E-state index contributed by atoms with van der Waals surface area (Å²) in [5.74, 6) is -0.534. The minimum Gasteiger partial charge on any atom is -0.357 e. The molecule has 0 saturated heterocycles. The Morgan fingerprint density at radius 3 is 2.71 bits per heavy atom. The van der Waals surface area contributed by atoms with Gasteiger partial charge in [-0.1, -0.05) is 42.5 Å². The third kappa shape index (κ3) is 3.35. The number of amides is 1. The van der Waals surface area contributed by atoms with E-state index in [-0.39, 0.29) is 5.54 Å². The van der Waals surface area contributed by atoms with Crippen LogP contribution in [0.15, 0.2) is 54.6 Å². The summed E-state index contributed by atoms with van der Waals surface area (Å²) in [5, 5.41) is 9.89. The summed E-state index contributed by atoms with van der Waals surface area (Å²) >= 11 is 0. The standard InChI is InChI=1S/C23H25N3O2/c1-23(2)22-19(18-5-3-4-6-20(18)24-22)13-14-26(23)15-17-9-7-16(8-10-17)11-12-21(27)25-28/h3-12,24,28H,13-15H2,1-2H3,(H,25,27). The number of nitrogens with one attached hydrogen (secondary N) is 2. The lowest BCUT2D eigenvalue weighted by Gasteiger charge is -2.42. The first-order valence-corrected chi connectivity index (χ1v) is 9.55. The zero-order valence-corrected chi connectivity index (χ0v) is 16.2. The van der Waals surface area contributed by atoms with Crippen molar-refractivity contribution >= 4 is 22.9 Å². The van der Waals surface area contributed by atoms with Crippen LogP contribution in [0, 0.1) is 0 Å². The van der Waals surface area contributed by atoms with Crippen molar-refractivity contribution in [2.45, 2.75) is 32.4 Å². The Bertz CT molecular complexity index is 1030. The second-order valence-electron chi connectivity index (χ2n) is 7.81. The molecule has 1 aliphatic heterocycles. The molecule has 2 heterocycles. The maximum Gasteiger partial charge on any atom is 0.267 e. The van der Waals surface area contributed by atoms with E-state index < -0.39 is 5.91 Å². The summed E-state index contributed by atoms with van der Waals surface area (Å²) in [6, 6.07) is 16.7. The van der Waals surface area contributed by atoms with E-state index in [0.29, 0.717) is 0 Å². The number of para-hydroxylation sites is 1. The number of nitrogens with zero attached hydrogens (tertiary/aromatic N) is 1. The fourth-order valence-electron chi connectivity index (χ4n) is 4.11. The zero-order valence-electron chi connectivity index (χ0n) is 16.2. The summed E-state index contributed by atoms with van der Waals surface area (Å²) in [4.78, 5) is 17.3. The highest BCUT2D eigenvalue weighted by Gasteiger charge is 2.36. The SMILES string of the molecule is CC1(C)c2[nH]c3ccccc3c2CCN1Cc1ccc(C=CC(=O)NO)cc1. The largest absolute Gasteiger partial charge is 0.357 e. The van der Waals surface area contributed by atoms with Crippen molar-refractivity contribution in [3.8, 4) is 0 Å². The van der Waals surface area contributed by atoms with Crippen molar-refractivity contribution in [1.82, 2.24) is 15.4 Å². The van der Waals surface area contributed by atoms with Crippen LogP contribution in [0.25, 0.3) is 17.0 Å². The van der Waals surface area contributed by atoms with Crippen LogP contribution in [0.5, 0.6) is 0 Å². The lowest BCUT2D eigenvalue weighted by Crippen LogP contribution is -2.46. The third-order valence-corrected chi connectivity index (χ3v) is 5.74. The fourth-order valence-corrected chi connectivity index (χ4v) is 4.11. The van der Waals surface area contributed by atoms with Gasteiger partial charge in [-0.3, -0.25) is 14.9 Å². The molecule has 0 atom stereocenters. The topological polar surface area (TPSA) is 68.4 Å². The molecule has 0 bridgehead atoms. The Kier molecular flexibility index (Phi) is 4.79. The fraction of sp³-hybridized carbons (Fsp3) is 0.261. The summed E-state index contributed by atoms with van der Waals surface area (Å²) < 4.78 is 0. The molecule has 3 N–H and O–H groups in total. The molecule has 4 rings (SSSR count). The average Bonchev–Trinajstić information content (AvgIpc) is 3.09. The number of hydrogen-bond acceptors (Lipinski definition) is 3. The Balaban J connectivity index is 1.54. The second kappa shape index (κ2) is 7.26. The van der Waals surface area contributed by atoms with E-state index in [1.807, 2.05) is 12.1 Å². The van der Waals surface area contributed by atoms with E-state index >= 15 is 0 Å². The van der Waals surface area contributed by atoms with Crippen molar-refractivity contribution in [3.05, 3.63) is 77.0 Å². The van der Waals surface area contributed by atoms with Crippen LogP contribution in [0.1, 0.15) is 36.2 Å². The predicted molar refractivity (Wildman–Crippen MR) is 111 cm³/mol. The van der Waals surface area contributed by atoms with Crippen molar-refractivity contribution in [2.24, 2.45) is 0 Å². The Morgan fingerprint density at radius 1 is 1.21 bits per heavy atom. The van der Waals surface area contributed by atoms with Gasteiger partial charge in [0.05, 0.1) is 5.54 Å². The summed E-state index contributed by atoms with van der Waals surface area (Å²) in [6.45, 7) is 6.44. The molecule has 3 aromatic rings. The van der Waals surface area contributed by atoms with Gasteiger partial charge in [0, 0.05) is 35.8 Å². The zero-order chi connectivity index (χ0) is 19.7. The monoisotopic (exact) mass is 375 g/mol. The molecule has 5 heteroatoms. The van der Waals surface area contributed by atoms with E-state index in [1.165, 1.54) is 33.8 Å². The van der Waals surface area contributed by atoms with Crippen LogP contribution in [0.3, 0.4) is 0 Å². The number of rotatable bonds is 4. The molecule has 1 aliphatic rings. The van der Waals surface area contributed by atoms with E-state index in [4.69, 9.17) is 5.21 Å². The van der Waals surface area contributed by atoms with E-state index in [9.17, 15) is 4.79 Å². The van der Waals surface area contributed by atoms with Crippen molar-refractivity contribution in [3.63, 3.8) is 0 Å². The molecule has 0 spiro atoms. The Morgan fingerprint density at radius 2 is 1.96 bits per heavy atom. The molecule has 0 saturated carbocycles. The number of aromatic amines is 1. The van der Waals surface area contributed by atoms with Crippen LogP contribution in [0.4, 0.5) is 0 Å². The van der Waals surface area contributed by atoms with Gasteiger partial charge in [0.25, 0.3) is 5.91 Å². The number of aromatic nitrogens is 1. The first kappa shape index (κ1) is 18.5. The first-order valence-electron chi connectivity index (χ1n) is 9.55. The molecule has 1 aromatic heterocycles. The van der Waals surface area contributed by atoms with Gasteiger partial charge in [-0.25, -0.2) is 5.48 Å². The number of hydroxylamine groups is 1. The highest BCUT2D eigenvalue weighted by atomic mass is 16.5. The van der Waals surface area contributed by atoms with Crippen molar-refractivity contribution in [1.29, 1.82) is 0 Å². The number of carbonyl (C=O) groups is 1. The average molecular weight is 375 g/mol. The molecule has 5 nitrogen and oxygen atoms in total. The molecule has 0 radical (unpaired) electrons. The minimum absolute atomic E-state index is 0.0790. The molecule has 0 aliphatic carbocycles. The Labute approximate surface area is 164 Å². The molecule has 144 valence electrons. The highest BCUT2D eigenvalue weighted by Crippen LogP contribution is 2.39. The molecule has 2 aromatic carbocycles. The maximum absolute atomic E-state index is 11.1. The molecular formula is C23H25N3O2. The van der Waals surface area contributed by atoms with Gasteiger partial charge in [0.1, 0.15) is 0 Å². The van der Waals surface area contributed by atoms with Crippen LogP contribution >= 0.6 is 0 Å². The predicted octanol–water partition coefficient (Wildman–Crippen LogP) is 3.98. The number of carbonyl (C=O) groups excluding carboxylic acids is 1. The van der Waals surface area contributed by atoms with Crippen LogP contribution in [0.2, 0.25) is 0 Å². The van der Waals surface area contributed by atoms with Crippen LogP contribution in [-0.2, 0) is 23.3 Å². The van der Waals surface area contributed by atoms with Crippen molar-refractivity contribution in [2.75, 3.05) is 6.54 Å². The highest BCUT2D eigenvalue weighted by molar-refractivity contribution is 5.90. The van der Waals surface area contributed by atoms with Crippen LogP contribution in [-0.4, -0.2) is 27.5 Å². The maximum atomic E-state index is 11.1. The van der Waals surface area contributed by atoms with Gasteiger partial charge in [-0.05, 0) is 49.1 Å². The molecule has 28 heavy (non-hydrogen) atoms. The first-order chi connectivity index (χ1) is 13.5. The van der Waals surface area contributed by atoms with Crippen molar-refractivity contribution < 1.29 is 10.0 Å². The summed E-state index contributed by atoms with van der Waals surface area (Å²) in [6.07, 6.45) is 4.02.